The number of nitrogens with one attached hydrogen (secondary N) is 1. The Hall–Kier alpha value is -1.92. The molecule has 0 radical (unpaired) electrons. The van der Waals surface area contributed by atoms with E-state index in [9.17, 15) is 0 Å². The lowest BCUT2D eigenvalue weighted by Crippen LogP contribution is -1.88. The van der Waals surface area contributed by atoms with E-state index >= 15 is 0 Å². The summed E-state index contributed by atoms with van der Waals surface area (Å²) in [7, 11) is 0. The summed E-state index contributed by atoms with van der Waals surface area (Å²) in [5.74, 6) is 0.748. The van der Waals surface area contributed by atoms with Crippen LogP contribution in [0.3, 0.4) is 0 Å². The second kappa shape index (κ2) is 4.99. The highest BCUT2D eigenvalue weighted by molar-refractivity contribution is 7.18. The Bertz CT molecular complexity index is 692. The van der Waals surface area contributed by atoms with Crippen molar-refractivity contribution in [3.63, 3.8) is 0 Å². The van der Waals surface area contributed by atoms with E-state index in [1.165, 1.54) is 11.3 Å². The van der Waals surface area contributed by atoms with E-state index in [2.05, 4.69) is 20.7 Å². The third-order valence-corrected chi connectivity index (χ3v) is 3.48. The Morgan fingerprint density at radius 2 is 2.00 bits per heavy atom. The van der Waals surface area contributed by atoms with Gasteiger partial charge in [0, 0.05) is 16.8 Å². The van der Waals surface area contributed by atoms with E-state index in [0.29, 0.717) is 20.9 Å². The Labute approximate surface area is 118 Å². The van der Waals surface area contributed by atoms with Crippen molar-refractivity contribution in [2.24, 2.45) is 0 Å². The first-order valence-electron chi connectivity index (χ1n) is 5.50. The van der Waals surface area contributed by atoms with E-state index in [0.717, 1.165) is 11.4 Å². The first kappa shape index (κ1) is 12.1. The summed E-state index contributed by atoms with van der Waals surface area (Å²) in [5, 5.41) is 17.3. The average Bonchev–Trinajstić information content (AvgIpc) is 3.01. The minimum Gasteiger partial charge on any atom is -0.361 e. The van der Waals surface area contributed by atoms with Gasteiger partial charge in [0.15, 0.2) is 5.01 Å². The lowest BCUT2D eigenvalue weighted by molar-refractivity contribution is 0.399. The third-order valence-electron chi connectivity index (χ3n) is 2.37. The molecular formula is C12H9ClN4OS. The average molecular weight is 293 g/mol. The van der Waals surface area contributed by atoms with Crippen LogP contribution in [0.1, 0.15) is 5.76 Å². The zero-order valence-electron chi connectivity index (χ0n) is 9.92. The lowest BCUT2D eigenvalue weighted by atomic mass is 10.3. The number of anilines is 2. The predicted octanol–water partition coefficient (Wildman–Crippen LogP) is 3.90. The normalized spacial score (nSPS) is 10.6. The SMILES string of the molecule is Cc1cc(-c2nnc(Nc3ccc(Cl)cc3)s2)no1. The zero-order valence-corrected chi connectivity index (χ0v) is 11.5. The van der Waals surface area contributed by atoms with Gasteiger partial charge in [-0.05, 0) is 31.2 Å². The maximum absolute atomic E-state index is 5.83. The molecule has 2 heterocycles. The highest BCUT2D eigenvalue weighted by Gasteiger charge is 2.10. The smallest absolute Gasteiger partial charge is 0.210 e. The molecule has 0 fully saturated rings. The van der Waals surface area contributed by atoms with Crippen LogP contribution in [0.25, 0.3) is 10.7 Å². The topological polar surface area (TPSA) is 63.8 Å². The standard InChI is InChI=1S/C12H9ClN4OS/c1-7-6-10(17-18-7)11-15-16-12(19-11)14-9-4-2-8(13)3-5-9/h2-6H,1H3,(H,14,16). The summed E-state index contributed by atoms with van der Waals surface area (Å²) in [5.41, 5.74) is 1.60. The van der Waals surface area contributed by atoms with Crippen LogP contribution >= 0.6 is 22.9 Å². The van der Waals surface area contributed by atoms with Gasteiger partial charge in [-0.25, -0.2) is 0 Å². The van der Waals surface area contributed by atoms with Gasteiger partial charge in [-0.15, -0.1) is 10.2 Å². The summed E-state index contributed by atoms with van der Waals surface area (Å²) in [6.07, 6.45) is 0. The highest BCUT2D eigenvalue weighted by Crippen LogP contribution is 2.28. The number of hydrogen-bond donors (Lipinski definition) is 1. The van der Waals surface area contributed by atoms with Gasteiger partial charge in [-0.2, -0.15) is 0 Å². The largest absolute Gasteiger partial charge is 0.361 e. The molecule has 0 aliphatic rings. The van der Waals surface area contributed by atoms with Gasteiger partial charge in [-0.3, -0.25) is 0 Å². The molecule has 5 nitrogen and oxygen atoms in total. The van der Waals surface area contributed by atoms with Gasteiger partial charge in [0.05, 0.1) is 0 Å². The number of halogens is 1. The fourth-order valence-corrected chi connectivity index (χ4v) is 2.34. The number of aryl methyl sites for hydroxylation is 1. The molecule has 2 aromatic heterocycles. The number of hydrogen-bond acceptors (Lipinski definition) is 6. The Kier molecular flexibility index (Phi) is 3.18. The van der Waals surface area contributed by atoms with E-state index < -0.39 is 0 Å². The minimum atomic E-state index is 0.693. The number of rotatable bonds is 3. The predicted molar refractivity (Wildman–Crippen MR) is 74.9 cm³/mol. The molecule has 0 unspecified atom stereocenters. The van der Waals surface area contributed by atoms with E-state index in [-0.39, 0.29) is 0 Å². The number of aromatic nitrogens is 3. The van der Waals surface area contributed by atoms with Crippen LogP contribution in [-0.2, 0) is 0 Å². The third kappa shape index (κ3) is 2.74. The van der Waals surface area contributed by atoms with Crippen molar-refractivity contribution in [1.82, 2.24) is 15.4 Å². The van der Waals surface area contributed by atoms with Crippen LogP contribution < -0.4 is 5.32 Å². The molecule has 0 saturated carbocycles. The molecule has 0 saturated heterocycles. The number of nitrogens with zero attached hydrogens (tertiary/aromatic N) is 3. The van der Waals surface area contributed by atoms with Crippen molar-refractivity contribution in [3.05, 3.63) is 41.1 Å². The monoisotopic (exact) mass is 292 g/mol. The molecule has 1 N–H and O–H groups in total. The molecule has 3 rings (SSSR count). The molecule has 0 spiro atoms. The molecule has 0 aliphatic carbocycles. The van der Waals surface area contributed by atoms with Crippen molar-refractivity contribution in [2.75, 3.05) is 5.32 Å². The van der Waals surface area contributed by atoms with Crippen molar-refractivity contribution in [2.45, 2.75) is 6.92 Å². The molecule has 0 atom stereocenters. The van der Waals surface area contributed by atoms with E-state index in [1.807, 2.05) is 37.3 Å². The van der Waals surface area contributed by atoms with Crippen molar-refractivity contribution >= 4 is 33.8 Å². The van der Waals surface area contributed by atoms with Gasteiger partial charge >= 0.3 is 0 Å². The van der Waals surface area contributed by atoms with Gasteiger partial charge in [0.2, 0.25) is 5.13 Å². The van der Waals surface area contributed by atoms with Crippen LogP contribution in [0.2, 0.25) is 5.02 Å². The van der Waals surface area contributed by atoms with Crippen LogP contribution in [0.5, 0.6) is 0 Å². The fraction of sp³-hybridized carbons (Fsp3) is 0.0833. The first-order chi connectivity index (χ1) is 9.20. The number of benzene rings is 1. The Morgan fingerprint density at radius 1 is 1.21 bits per heavy atom. The van der Waals surface area contributed by atoms with E-state index in [1.54, 1.807) is 0 Å². The van der Waals surface area contributed by atoms with E-state index in [4.69, 9.17) is 16.1 Å². The van der Waals surface area contributed by atoms with Gasteiger partial charge in [0.25, 0.3) is 0 Å². The lowest BCUT2D eigenvalue weighted by Gasteiger charge is -2.00. The zero-order chi connectivity index (χ0) is 13.2. The molecule has 0 aliphatic heterocycles. The maximum atomic E-state index is 5.83. The fourth-order valence-electron chi connectivity index (χ4n) is 1.50. The summed E-state index contributed by atoms with van der Waals surface area (Å²) in [4.78, 5) is 0. The summed E-state index contributed by atoms with van der Waals surface area (Å²) in [6.45, 7) is 1.84. The van der Waals surface area contributed by atoms with Crippen molar-refractivity contribution in [1.29, 1.82) is 0 Å². The van der Waals surface area contributed by atoms with Crippen LogP contribution in [-0.4, -0.2) is 15.4 Å². The van der Waals surface area contributed by atoms with Gasteiger partial charge in [-0.1, -0.05) is 28.1 Å². The van der Waals surface area contributed by atoms with Crippen LogP contribution in [0.4, 0.5) is 10.8 Å². The van der Waals surface area contributed by atoms with Crippen LogP contribution in [0.15, 0.2) is 34.9 Å². The molecule has 7 heteroatoms. The summed E-state index contributed by atoms with van der Waals surface area (Å²) in [6, 6.07) is 9.21. The summed E-state index contributed by atoms with van der Waals surface area (Å²) < 4.78 is 5.01. The van der Waals surface area contributed by atoms with Crippen LogP contribution in [0, 0.1) is 6.92 Å². The highest BCUT2D eigenvalue weighted by atomic mass is 35.5. The second-order valence-corrected chi connectivity index (χ2v) is 5.28. The van der Waals surface area contributed by atoms with Crippen molar-refractivity contribution in [3.8, 4) is 10.7 Å². The second-order valence-electron chi connectivity index (χ2n) is 3.87. The van der Waals surface area contributed by atoms with Crippen molar-refractivity contribution < 1.29 is 4.52 Å². The molecule has 19 heavy (non-hydrogen) atoms. The molecule has 3 aromatic rings. The summed E-state index contributed by atoms with van der Waals surface area (Å²) >= 11 is 7.24. The Morgan fingerprint density at radius 3 is 2.68 bits per heavy atom. The molecule has 1 aromatic carbocycles. The molecule has 96 valence electrons. The van der Waals surface area contributed by atoms with Gasteiger partial charge < -0.3 is 9.84 Å². The maximum Gasteiger partial charge on any atom is 0.210 e. The Balaban J connectivity index is 1.80. The molecule has 0 amide bonds. The first-order valence-corrected chi connectivity index (χ1v) is 6.70. The quantitative estimate of drug-likeness (QED) is 0.793. The molecule has 0 bridgehead atoms. The minimum absolute atomic E-state index is 0.693. The van der Waals surface area contributed by atoms with Gasteiger partial charge in [0.1, 0.15) is 11.5 Å². The molecular weight excluding hydrogens is 284 g/mol.